The zero-order chi connectivity index (χ0) is 15.5. The van der Waals surface area contributed by atoms with E-state index in [9.17, 15) is 0 Å². The Balaban J connectivity index is 1.49. The molecule has 0 aliphatic heterocycles. The summed E-state index contributed by atoms with van der Waals surface area (Å²) in [6.45, 7) is 0.319. The lowest BCUT2D eigenvalue weighted by Gasteiger charge is -2.03. The summed E-state index contributed by atoms with van der Waals surface area (Å²) in [6.07, 6.45) is 3.50. The summed E-state index contributed by atoms with van der Waals surface area (Å²) in [5, 5.41) is 0. The van der Waals surface area contributed by atoms with Gasteiger partial charge in [-0.3, -0.25) is 0 Å². The van der Waals surface area contributed by atoms with E-state index in [4.69, 9.17) is 4.74 Å². The summed E-state index contributed by atoms with van der Waals surface area (Å²) in [7, 11) is 0. The molecule has 0 aliphatic rings. The van der Waals surface area contributed by atoms with Crippen molar-refractivity contribution < 1.29 is 4.74 Å². The number of benzene rings is 2. The molecule has 0 fully saturated rings. The van der Waals surface area contributed by atoms with E-state index in [2.05, 4.69) is 19.9 Å². The number of ether oxygens (including phenoxy) is 1. The second-order valence-electron chi connectivity index (χ2n) is 5.08. The first kappa shape index (κ1) is 13.5. The van der Waals surface area contributed by atoms with Crippen molar-refractivity contribution in [2.24, 2.45) is 0 Å². The summed E-state index contributed by atoms with van der Waals surface area (Å²) >= 11 is 0. The van der Waals surface area contributed by atoms with Gasteiger partial charge in [0.05, 0.1) is 22.9 Å². The molecule has 23 heavy (non-hydrogen) atoms. The normalized spacial score (nSPS) is 10.8. The maximum atomic E-state index is 5.68. The first-order valence-corrected chi connectivity index (χ1v) is 7.33. The number of para-hydroxylation sites is 2. The molecule has 0 atom stereocenters. The Hall–Kier alpha value is -3.21. The molecule has 2 heterocycles. The van der Waals surface area contributed by atoms with E-state index in [-0.39, 0.29) is 0 Å². The Bertz CT molecular complexity index is 934. The molecule has 0 aliphatic carbocycles. The topological polar surface area (TPSA) is 63.7 Å². The van der Waals surface area contributed by atoms with Gasteiger partial charge in [-0.2, -0.15) is 0 Å². The minimum Gasteiger partial charge on any atom is -0.468 e. The number of hydrogen-bond acceptors (Lipinski definition) is 4. The van der Waals surface area contributed by atoms with Gasteiger partial charge in [-0.1, -0.05) is 42.5 Å². The monoisotopic (exact) mass is 302 g/mol. The number of hydrogen-bond donors (Lipinski definition) is 1. The van der Waals surface area contributed by atoms with Gasteiger partial charge >= 0.3 is 0 Å². The highest BCUT2D eigenvalue weighted by molar-refractivity contribution is 5.73. The van der Waals surface area contributed by atoms with Crippen molar-refractivity contribution in [1.29, 1.82) is 0 Å². The number of aromatic nitrogens is 4. The van der Waals surface area contributed by atoms with E-state index in [0.29, 0.717) is 12.5 Å². The van der Waals surface area contributed by atoms with Gasteiger partial charge < -0.3 is 9.72 Å². The van der Waals surface area contributed by atoms with Crippen LogP contribution in [0.5, 0.6) is 5.88 Å². The summed E-state index contributed by atoms with van der Waals surface area (Å²) in [5.41, 5.74) is 3.63. The van der Waals surface area contributed by atoms with Crippen LogP contribution in [0, 0.1) is 0 Å². The number of nitrogens with one attached hydrogen (secondary N) is 1. The molecular formula is C18H14N4O. The van der Waals surface area contributed by atoms with Gasteiger partial charge in [0.15, 0.2) is 0 Å². The highest BCUT2D eigenvalue weighted by atomic mass is 16.5. The third-order valence-corrected chi connectivity index (χ3v) is 3.48. The van der Waals surface area contributed by atoms with Crippen molar-refractivity contribution in [3.8, 4) is 17.1 Å². The van der Waals surface area contributed by atoms with Gasteiger partial charge in [0.25, 0.3) is 0 Å². The average Bonchev–Trinajstić information content (AvgIpc) is 3.10. The molecule has 0 saturated carbocycles. The number of rotatable bonds is 4. The smallest absolute Gasteiger partial charge is 0.233 e. The van der Waals surface area contributed by atoms with Crippen molar-refractivity contribution in [3.05, 3.63) is 72.8 Å². The average molecular weight is 302 g/mol. The zero-order valence-electron chi connectivity index (χ0n) is 12.3. The fraction of sp³-hybridized carbons (Fsp3) is 0.0556. The van der Waals surface area contributed by atoms with Gasteiger partial charge in [0.2, 0.25) is 5.88 Å². The van der Waals surface area contributed by atoms with Crippen molar-refractivity contribution in [3.63, 3.8) is 0 Å². The zero-order valence-corrected chi connectivity index (χ0v) is 12.3. The lowest BCUT2D eigenvalue weighted by molar-refractivity contribution is 0.285. The first-order valence-electron chi connectivity index (χ1n) is 7.33. The molecule has 4 rings (SSSR count). The van der Waals surface area contributed by atoms with Gasteiger partial charge in [0.1, 0.15) is 12.4 Å². The van der Waals surface area contributed by atoms with E-state index in [1.807, 2.05) is 60.8 Å². The predicted octanol–water partition coefficient (Wildman–Crippen LogP) is 3.60. The molecule has 0 saturated heterocycles. The summed E-state index contributed by atoms with van der Waals surface area (Å²) in [5.74, 6) is 1.24. The van der Waals surface area contributed by atoms with Crippen LogP contribution < -0.4 is 4.74 Å². The molecule has 2 aromatic carbocycles. The Kier molecular flexibility index (Phi) is 3.44. The van der Waals surface area contributed by atoms with Crippen LogP contribution in [0.15, 0.2) is 67.0 Å². The lowest BCUT2D eigenvalue weighted by Crippen LogP contribution is -2.00. The van der Waals surface area contributed by atoms with Gasteiger partial charge in [-0.15, -0.1) is 0 Å². The number of fused-ring (bicyclic) bond motifs is 1. The van der Waals surface area contributed by atoms with Crippen LogP contribution >= 0.6 is 0 Å². The second kappa shape index (κ2) is 5.88. The molecule has 2 aromatic heterocycles. The number of nitrogens with zero attached hydrogens (tertiary/aromatic N) is 3. The van der Waals surface area contributed by atoms with Crippen molar-refractivity contribution in [1.82, 2.24) is 19.9 Å². The van der Waals surface area contributed by atoms with Crippen LogP contribution in [0.1, 0.15) is 5.82 Å². The van der Waals surface area contributed by atoms with Crippen molar-refractivity contribution in [2.75, 3.05) is 0 Å². The highest BCUT2D eigenvalue weighted by Crippen LogP contribution is 2.17. The van der Waals surface area contributed by atoms with Gasteiger partial charge in [0, 0.05) is 11.8 Å². The minimum absolute atomic E-state index is 0.319. The fourth-order valence-corrected chi connectivity index (χ4v) is 2.34. The summed E-state index contributed by atoms with van der Waals surface area (Å²) < 4.78 is 5.68. The quantitative estimate of drug-likeness (QED) is 0.625. The lowest BCUT2D eigenvalue weighted by atomic mass is 10.2. The third kappa shape index (κ3) is 2.89. The van der Waals surface area contributed by atoms with E-state index >= 15 is 0 Å². The number of imidazole rings is 1. The SMILES string of the molecule is c1ccc(-c2c[nH]c(COc3cnc4ccccc4n3)n2)cc1. The molecule has 4 aromatic rings. The minimum atomic E-state index is 0.319. The van der Waals surface area contributed by atoms with E-state index < -0.39 is 0 Å². The molecule has 0 bridgehead atoms. The van der Waals surface area contributed by atoms with E-state index in [1.54, 1.807) is 6.20 Å². The van der Waals surface area contributed by atoms with Crippen LogP contribution in [0.2, 0.25) is 0 Å². The largest absolute Gasteiger partial charge is 0.468 e. The van der Waals surface area contributed by atoms with E-state index in [0.717, 1.165) is 28.1 Å². The molecule has 0 amide bonds. The molecule has 0 unspecified atom stereocenters. The Labute approximate surface area is 133 Å². The molecule has 1 N–H and O–H groups in total. The van der Waals surface area contributed by atoms with Crippen LogP contribution in [0.4, 0.5) is 0 Å². The molecule has 5 heteroatoms. The van der Waals surface area contributed by atoms with Crippen LogP contribution in [0.3, 0.4) is 0 Å². The van der Waals surface area contributed by atoms with Crippen molar-refractivity contribution >= 4 is 11.0 Å². The molecule has 112 valence electrons. The number of aromatic amines is 1. The van der Waals surface area contributed by atoms with Gasteiger partial charge in [-0.25, -0.2) is 15.0 Å². The third-order valence-electron chi connectivity index (χ3n) is 3.48. The van der Waals surface area contributed by atoms with Crippen LogP contribution in [-0.4, -0.2) is 19.9 Å². The molecule has 0 radical (unpaired) electrons. The Morgan fingerprint density at radius 2 is 1.65 bits per heavy atom. The molecule has 5 nitrogen and oxygen atoms in total. The fourth-order valence-electron chi connectivity index (χ4n) is 2.34. The molecule has 0 spiro atoms. The molecular weight excluding hydrogens is 288 g/mol. The van der Waals surface area contributed by atoms with Crippen LogP contribution in [-0.2, 0) is 6.61 Å². The maximum absolute atomic E-state index is 5.68. The summed E-state index contributed by atoms with van der Waals surface area (Å²) in [6, 6.07) is 17.7. The standard InChI is InChI=1S/C18H14N4O/c1-2-6-13(7-3-1)16-10-20-17(21-16)12-23-18-11-19-14-8-4-5-9-15(14)22-18/h1-11H,12H2,(H,20,21). The van der Waals surface area contributed by atoms with E-state index in [1.165, 1.54) is 0 Å². The number of H-pyrrole nitrogens is 1. The van der Waals surface area contributed by atoms with Crippen molar-refractivity contribution in [2.45, 2.75) is 6.61 Å². The summed E-state index contributed by atoms with van der Waals surface area (Å²) in [4.78, 5) is 16.4. The van der Waals surface area contributed by atoms with Crippen LogP contribution in [0.25, 0.3) is 22.3 Å². The second-order valence-corrected chi connectivity index (χ2v) is 5.08. The Morgan fingerprint density at radius 1 is 0.870 bits per heavy atom. The highest BCUT2D eigenvalue weighted by Gasteiger charge is 2.05. The maximum Gasteiger partial charge on any atom is 0.233 e. The predicted molar refractivity (Wildman–Crippen MR) is 87.9 cm³/mol. The van der Waals surface area contributed by atoms with Gasteiger partial charge in [-0.05, 0) is 12.1 Å². The first-order chi connectivity index (χ1) is 11.4. The Morgan fingerprint density at radius 3 is 2.52 bits per heavy atom.